The van der Waals surface area contributed by atoms with Gasteiger partial charge < -0.3 is 9.84 Å². The quantitative estimate of drug-likeness (QED) is 0.828. The van der Waals surface area contributed by atoms with Gasteiger partial charge in [0.05, 0.1) is 19.1 Å². The van der Waals surface area contributed by atoms with Crippen LogP contribution in [0.4, 0.5) is 0 Å². The normalized spacial score (nSPS) is 25.5. The molecule has 0 spiro atoms. The molecule has 2 atom stereocenters. The number of benzene rings is 1. The third-order valence-electron chi connectivity index (χ3n) is 3.13. The van der Waals surface area contributed by atoms with Crippen LogP contribution >= 0.6 is 0 Å². The predicted molar refractivity (Wildman–Crippen MR) is 60.6 cm³/mol. The number of carbonyl (C=O) groups is 1. The number of Topliss-reactive ketones (excluding diaryl/α,β-unsaturated/α-hetero) is 1. The molecule has 0 aliphatic heterocycles. The van der Waals surface area contributed by atoms with Crippen LogP contribution in [0.2, 0.25) is 0 Å². The standard InChI is InChI=1S/C13H16O3/c1-16-10-7-5-9(6-8-10)13-11(14)3-2-4-12(13)15/h5-8,11,13-14H,2-4H2,1H3. The molecule has 86 valence electrons. The molecule has 1 fully saturated rings. The van der Waals surface area contributed by atoms with Crippen molar-refractivity contribution in [1.29, 1.82) is 0 Å². The van der Waals surface area contributed by atoms with E-state index >= 15 is 0 Å². The summed E-state index contributed by atoms with van der Waals surface area (Å²) >= 11 is 0. The van der Waals surface area contributed by atoms with Crippen molar-refractivity contribution in [1.82, 2.24) is 0 Å². The molecule has 1 aromatic rings. The fourth-order valence-corrected chi connectivity index (χ4v) is 2.24. The number of carbonyl (C=O) groups excluding carboxylic acids is 1. The maximum atomic E-state index is 11.8. The predicted octanol–water partition coefficient (Wildman–Crippen LogP) is 1.89. The number of aliphatic hydroxyl groups excluding tert-OH is 1. The molecule has 1 N–H and O–H groups in total. The van der Waals surface area contributed by atoms with Gasteiger partial charge in [-0.3, -0.25) is 4.79 Å². The first-order valence-electron chi connectivity index (χ1n) is 5.57. The van der Waals surface area contributed by atoms with Crippen LogP contribution < -0.4 is 4.74 Å². The van der Waals surface area contributed by atoms with Crippen molar-refractivity contribution in [2.45, 2.75) is 31.3 Å². The third-order valence-corrected chi connectivity index (χ3v) is 3.13. The van der Waals surface area contributed by atoms with Crippen LogP contribution in [0.1, 0.15) is 30.7 Å². The van der Waals surface area contributed by atoms with Crippen LogP contribution in [-0.4, -0.2) is 24.1 Å². The lowest BCUT2D eigenvalue weighted by Crippen LogP contribution is -2.30. The monoisotopic (exact) mass is 220 g/mol. The molecule has 2 unspecified atom stereocenters. The van der Waals surface area contributed by atoms with Crippen LogP contribution in [0.5, 0.6) is 5.75 Å². The average molecular weight is 220 g/mol. The Bertz CT molecular complexity index is 369. The Morgan fingerprint density at radius 2 is 2.00 bits per heavy atom. The molecule has 1 aromatic carbocycles. The third kappa shape index (κ3) is 2.09. The van der Waals surface area contributed by atoms with E-state index in [1.54, 1.807) is 7.11 Å². The Morgan fingerprint density at radius 3 is 2.56 bits per heavy atom. The van der Waals surface area contributed by atoms with Crippen molar-refractivity contribution in [2.75, 3.05) is 7.11 Å². The molecule has 0 bridgehead atoms. The molecule has 1 aliphatic rings. The molecule has 16 heavy (non-hydrogen) atoms. The lowest BCUT2D eigenvalue weighted by molar-refractivity contribution is -0.125. The van der Waals surface area contributed by atoms with Crippen LogP contribution in [0.15, 0.2) is 24.3 Å². The number of methoxy groups -OCH3 is 1. The molecular formula is C13H16O3. The Kier molecular flexibility index (Phi) is 3.25. The Morgan fingerprint density at radius 1 is 1.31 bits per heavy atom. The first-order valence-corrected chi connectivity index (χ1v) is 5.57. The van der Waals surface area contributed by atoms with Crippen molar-refractivity contribution in [2.24, 2.45) is 0 Å². The topological polar surface area (TPSA) is 46.5 Å². The summed E-state index contributed by atoms with van der Waals surface area (Å²) < 4.78 is 5.06. The minimum atomic E-state index is -0.533. The summed E-state index contributed by atoms with van der Waals surface area (Å²) in [7, 11) is 1.61. The van der Waals surface area contributed by atoms with Gasteiger partial charge in [-0.05, 0) is 30.5 Å². The van der Waals surface area contributed by atoms with E-state index < -0.39 is 6.10 Å². The minimum absolute atomic E-state index is 0.143. The number of aliphatic hydroxyl groups is 1. The largest absolute Gasteiger partial charge is 0.497 e. The maximum absolute atomic E-state index is 11.8. The van der Waals surface area contributed by atoms with Gasteiger partial charge in [-0.15, -0.1) is 0 Å². The van der Waals surface area contributed by atoms with Crippen molar-refractivity contribution in [3.8, 4) is 5.75 Å². The number of rotatable bonds is 2. The van der Waals surface area contributed by atoms with Gasteiger partial charge in [-0.2, -0.15) is 0 Å². The summed E-state index contributed by atoms with van der Waals surface area (Å²) in [5.41, 5.74) is 0.887. The van der Waals surface area contributed by atoms with Crippen LogP contribution in [0.3, 0.4) is 0 Å². The van der Waals surface area contributed by atoms with Gasteiger partial charge in [0.2, 0.25) is 0 Å². The van der Waals surface area contributed by atoms with Gasteiger partial charge >= 0.3 is 0 Å². The summed E-state index contributed by atoms with van der Waals surface area (Å²) in [5.74, 6) is 0.560. The molecule has 1 aliphatic carbocycles. The van der Waals surface area contributed by atoms with Gasteiger partial charge in [0.1, 0.15) is 11.5 Å². The van der Waals surface area contributed by atoms with Crippen molar-refractivity contribution >= 4 is 5.78 Å². The second-order valence-electron chi connectivity index (χ2n) is 4.18. The van der Waals surface area contributed by atoms with E-state index in [0.717, 1.165) is 17.7 Å². The fraction of sp³-hybridized carbons (Fsp3) is 0.462. The number of ketones is 1. The number of hydrogen-bond donors (Lipinski definition) is 1. The fourth-order valence-electron chi connectivity index (χ4n) is 2.24. The number of hydrogen-bond acceptors (Lipinski definition) is 3. The lowest BCUT2D eigenvalue weighted by atomic mass is 9.81. The van der Waals surface area contributed by atoms with E-state index in [-0.39, 0.29) is 11.7 Å². The van der Waals surface area contributed by atoms with Crippen LogP contribution in [0.25, 0.3) is 0 Å². The van der Waals surface area contributed by atoms with Gasteiger partial charge in [-0.1, -0.05) is 12.1 Å². The molecule has 1 saturated carbocycles. The second-order valence-corrected chi connectivity index (χ2v) is 4.18. The van der Waals surface area contributed by atoms with Gasteiger partial charge in [0.15, 0.2) is 0 Å². The van der Waals surface area contributed by atoms with Crippen molar-refractivity contribution < 1.29 is 14.6 Å². The van der Waals surface area contributed by atoms with E-state index in [1.807, 2.05) is 24.3 Å². The van der Waals surface area contributed by atoms with Crippen LogP contribution in [-0.2, 0) is 4.79 Å². The molecule has 3 nitrogen and oxygen atoms in total. The summed E-state index contributed by atoms with van der Waals surface area (Å²) in [6.07, 6.45) is 1.55. The average Bonchev–Trinajstić information content (AvgIpc) is 2.30. The van der Waals surface area contributed by atoms with Gasteiger partial charge in [0.25, 0.3) is 0 Å². The van der Waals surface area contributed by atoms with Gasteiger partial charge in [0, 0.05) is 6.42 Å². The highest BCUT2D eigenvalue weighted by Crippen LogP contribution is 2.31. The minimum Gasteiger partial charge on any atom is -0.497 e. The summed E-state index contributed by atoms with van der Waals surface area (Å²) in [6.45, 7) is 0. The highest BCUT2D eigenvalue weighted by atomic mass is 16.5. The van der Waals surface area contributed by atoms with Crippen molar-refractivity contribution in [3.63, 3.8) is 0 Å². The summed E-state index contributed by atoms with van der Waals surface area (Å²) in [5, 5.41) is 9.87. The van der Waals surface area contributed by atoms with Crippen molar-refractivity contribution in [3.05, 3.63) is 29.8 Å². The molecule has 2 rings (SSSR count). The first-order chi connectivity index (χ1) is 7.72. The molecule has 0 radical (unpaired) electrons. The van der Waals surface area contributed by atoms with E-state index in [1.165, 1.54) is 0 Å². The van der Waals surface area contributed by atoms with E-state index in [4.69, 9.17) is 4.74 Å². The molecule has 0 amide bonds. The lowest BCUT2D eigenvalue weighted by Gasteiger charge is -2.26. The highest BCUT2D eigenvalue weighted by Gasteiger charge is 2.31. The Hall–Kier alpha value is -1.35. The van der Waals surface area contributed by atoms with E-state index in [2.05, 4.69) is 0 Å². The van der Waals surface area contributed by atoms with Gasteiger partial charge in [-0.25, -0.2) is 0 Å². The zero-order valence-corrected chi connectivity index (χ0v) is 9.35. The molecule has 3 heteroatoms. The van der Waals surface area contributed by atoms with E-state index in [0.29, 0.717) is 12.8 Å². The smallest absolute Gasteiger partial charge is 0.142 e. The first kappa shape index (κ1) is 11.1. The molecule has 0 saturated heterocycles. The zero-order chi connectivity index (χ0) is 11.5. The number of ether oxygens (including phenoxy) is 1. The zero-order valence-electron chi connectivity index (χ0n) is 9.35. The Labute approximate surface area is 95.0 Å². The summed E-state index contributed by atoms with van der Waals surface area (Å²) in [4.78, 5) is 11.8. The SMILES string of the molecule is COc1ccc(C2C(=O)CCCC2O)cc1. The summed E-state index contributed by atoms with van der Waals surface area (Å²) in [6, 6.07) is 7.36. The molecule has 0 heterocycles. The Balaban J connectivity index is 2.23. The molecular weight excluding hydrogens is 204 g/mol. The van der Waals surface area contributed by atoms with Crippen LogP contribution in [0, 0.1) is 0 Å². The molecule has 0 aromatic heterocycles. The highest BCUT2D eigenvalue weighted by molar-refractivity contribution is 5.87. The van der Waals surface area contributed by atoms with E-state index in [9.17, 15) is 9.90 Å². The maximum Gasteiger partial charge on any atom is 0.142 e. The second kappa shape index (κ2) is 4.66.